The molecule has 0 saturated carbocycles. The zero-order chi connectivity index (χ0) is 14.0. The van der Waals surface area contributed by atoms with Crippen molar-refractivity contribution in [1.29, 1.82) is 0 Å². The molecule has 1 rings (SSSR count). The van der Waals surface area contributed by atoms with Gasteiger partial charge in [-0.2, -0.15) is 8.42 Å². The second kappa shape index (κ2) is 5.50. The van der Waals surface area contributed by atoms with E-state index in [1.807, 2.05) is 0 Å². The lowest BCUT2D eigenvalue weighted by Gasteiger charge is -2.18. The summed E-state index contributed by atoms with van der Waals surface area (Å²) in [4.78, 5) is 9.37. The van der Waals surface area contributed by atoms with Crippen molar-refractivity contribution in [3.8, 4) is 0 Å². The van der Waals surface area contributed by atoms with E-state index in [-0.39, 0.29) is 11.5 Å². The molecule has 0 aliphatic carbocycles. The van der Waals surface area contributed by atoms with Gasteiger partial charge in [0.1, 0.15) is 0 Å². The highest BCUT2D eigenvalue weighted by Crippen LogP contribution is 2.56. The fourth-order valence-corrected chi connectivity index (χ4v) is 3.03. The minimum absolute atomic E-state index is 0.112. The lowest BCUT2D eigenvalue weighted by molar-refractivity contribution is 0.266. The first-order chi connectivity index (χ1) is 8.18. The van der Waals surface area contributed by atoms with E-state index in [1.165, 1.54) is 31.2 Å². The summed E-state index contributed by atoms with van der Waals surface area (Å²) in [5.74, 6) is 0. The van der Waals surface area contributed by atoms with Gasteiger partial charge in [-0.25, -0.2) is 0 Å². The summed E-state index contributed by atoms with van der Waals surface area (Å²) in [5, 5.41) is 0. The first-order valence-corrected chi connectivity index (χ1v) is 8.31. The Bertz CT molecular complexity index is 550. The van der Waals surface area contributed by atoms with Crippen molar-refractivity contribution in [2.45, 2.75) is 24.4 Å². The maximum Gasteiger partial charge on any atom is 0.335 e. The summed E-state index contributed by atoms with van der Waals surface area (Å²) in [5.41, 5.74) is -0.311. The van der Waals surface area contributed by atoms with Crippen LogP contribution in [0.4, 0.5) is 0 Å². The Balaban J connectivity index is 3.03. The molecule has 102 valence electrons. The molecule has 0 aliphatic rings. The van der Waals surface area contributed by atoms with Gasteiger partial charge in [0.2, 0.25) is 0 Å². The normalized spacial score (nSPS) is 17.1. The highest BCUT2D eigenvalue weighted by molar-refractivity contribution is 7.85. The molecule has 6 nitrogen and oxygen atoms in total. The van der Waals surface area contributed by atoms with Crippen LogP contribution in [0.5, 0.6) is 0 Å². The van der Waals surface area contributed by atoms with Crippen LogP contribution in [0.15, 0.2) is 29.2 Å². The van der Waals surface area contributed by atoms with Gasteiger partial charge in [-0.1, -0.05) is 12.1 Å². The van der Waals surface area contributed by atoms with Gasteiger partial charge in [-0.15, -0.1) is 0 Å². The molecule has 0 radical (unpaired) electrons. The smallest absolute Gasteiger partial charge is 0.324 e. The summed E-state index contributed by atoms with van der Waals surface area (Å²) >= 11 is 0. The predicted octanol–water partition coefficient (Wildman–Crippen LogP) is 2.22. The highest BCUT2D eigenvalue weighted by atomic mass is 32.2. The third kappa shape index (κ3) is 3.63. The third-order valence-corrected chi connectivity index (χ3v) is 5.24. The predicted molar refractivity (Wildman–Crippen MR) is 66.1 cm³/mol. The van der Waals surface area contributed by atoms with Crippen LogP contribution in [0.2, 0.25) is 0 Å². The first-order valence-electron chi connectivity index (χ1n) is 5.23. The van der Waals surface area contributed by atoms with Crippen molar-refractivity contribution < 1.29 is 27.0 Å². The molecular formula is C10H15O6PS. The van der Waals surface area contributed by atoms with Crippen LogP contribution in [0, 0.1) is 0 Å². The maximum atomic E-state index is 11.8. The van der Waals surface area contributed by atoms with E-state index < -0.39 is 23.4 Å². The summed E-state index contributed by atoms with van der Waals surface area (Å²) in [6, 6.07) is 5.09. The third-order valence-electron chi connectivity index (χ3n) is 2.46. The van der Waals surface area contributed by atoms with E-state index in [0.717, 1.165) is 0 Å². The largest absolute Gasteiger partial charge is 0.335 e. The molecule has 2 unspecified atom stereocenters. The van der Waals surface area contributed by atoms with Crippen molar-refractivity contribution in [2.75, 3.05) is 6.61 Å². The van der Waals surface area contributed by atoms with Crippen LogP contribution in [0.1, 0.15) is 25.1 Å². The molecule has 0 aliphatic heterocycles. The van der Waals surface area contributed by atoms with Crippen molar-refractivity contribution in [3.05, 3.63) is 29.8 Å². The zero-order valence-corrected chi connectivity index (χ0v) is 11.7. The minimum Gasteiger partial charge on any atom is -0.324 e. The lowest BCUT2D eigenvalue weighted by Crippen LogP contribution is -2.01. The molecule has 0 bridgehead atoms. The van der Waals surface area contributed by atoms with Crippen molar-refractivity contribution in [2.24, 2.45) is 0 Å². The summed E-state index contributed by atoms with van der Waals surface area (Å²) < 4.78 is 47.0. The molecule has 0 aromatic heterocycles. The zero-order valence-electron chi connectivity index (χ0n) is 9.98. The van der Waals surface area contributed by atoms with Crippen LogP contribution in [0.25, 0.3) is 0 Å². The van der Waals surface area contributed by atoms with Crippen molar-refractivity contribution in [3.63, 3.8) is 0 Å². The fraction of sp³-hybridized carbons (Fsp3) is 0.400. The molecule has 0 fully saturated rings. The average Bonchev–Trinajstić information content (AvgIpc) is 2.27. The van der Waals surface area contributed by atoms with Crippen molar-refractivity contribution >= 4 is 17.7 Å². The fourth-order valence-electron chi connectivity index (χ4n) is 1.40. The second-order valence-electron chi connectivity index (χ2n) is 3.70. The molecule has 1 aromatic rings. The highest BCUT2D eigenvalue weighted by Gasteiger charge is 2.29. The Hall–Kier alpha value is -0.720. The molecule has 18 heavy (non-hydrogen) atoms. The molecule has 0 amide bonds. The maximum absolute atomic E-state index is 11.8. The van der Waals surface area contributed by atoms with Gasteiger partial charge in [0.25, 0.3) is 10.1 Å². The summed E-state index contributed by atoms with van der Waals surface area (Å²) in [6.45, 7) is 3.23. The molecule has 2 N–H and O–H groups in total. The van der Waals surface area contributed by atoms with E-state index in [0.29, 0.717) is 5.56 Å². The molecule has 2 atom stereocenters. The molecule has 1 aromatic carbocycles. The topological polar surface area (TPSA) is 101 Å². The van der Waals surface area contributed by atoms with Crippen LogP contribution in [-0.2, 0) is 19.2 Å². The number of hydrogen-bond donors (Lipinski definition) is 2. The summed E-state index contributed by atoms with van der Waals surface area (Å²) in [6.07, 6.45) is 0. The van der Waals surface area contributed by atoms with E-state index in [2.05, 4.69) is 0 Å². The van der Waals surface area contributed by atoms with Gasteiger partial charge in [0, 0.05) is 0 Å². The minimum atomic E-state index is -4.25. The standard InChI is InChI=1S/C10H15O6PS/c1-3-16-17(11,12)8(2)9-4-6-10(7-5-9)18(13,14)15/h4-8H,3H2,1-2H3,(H,11,12)(H,13,14,15). The Morgan fingerprint density at radius 2 is 1.83 bits per heavy atom. The average molecular weight is 294 g/mol. The van der Waals surface area contributed by atoms with Gasteiger partial charge >= 0.3 is 7.60 Å². The van der Waals surface area contributed by atoms with Gasteiger partial charge in [0.05, 0.1) is 17.2 Å². The monoisotopic (exact) mass is 294 g/mol. The Labute approximate surface area is 106 Å². The Kier molecular flexibility index (Phi) is 4.69. The molecule has 0 saturated heterocycles. The molecular weight excluding hydrogens is 279 g/mol. The van der Waals surface area contributed by atoms with Crippen LogP contribution in [-0.4, -0.2) is 24.5 Å². The van der Waals surface area contributed by atoms with Crippen LogP contribution >= 0.6 is 7.60 Å². The summed E-state index contributed by atoms with van der Waals surface area (Å²) in [7, 11) is -8.03. The van der Waals surface area contributed by atoms with E-state index >= 15 is 0 Å². The molecule has 0 heterocycles. The number of rotatable bonds is 5. The quantitative estimate of drug-likeness (QED) is 0.638. The van der Waals surface area contributed by atoms with E-state index in [1.54, 1.807) is 6.92 Å². The van der Waals surface area contributed by atoms with Crippen LogP contribution in [0.3, 0.4) is 0 Å². The van der Waals surface area contributed by atoms with E-state index in [9.17, 15) is 17.9 Å². The van der Waals surface area contributed by atoms with Crippen molar-refractivity contribution in [1.82, 2.24) is 0 Å². The number of benzene rings is 1. The van der Waals surface area contributed by atoms with E-state index in [4.69, 9.17) is 9.08 Å². The van der Waals surface area contributed by atoms with Crippen LogP contribution < -0.4 is 0 Å². The first kappa shape index (κ1) is 15.3. The Morgan fingerprint density at radius 3 is 2.22 bits per heavy atom. The van der Waals surface area contributed by atoms with Gasteiger partial charge < -0.3 is 9.42 Å². The number of hydrogen-bond acceptors (Lipinski definition) is 4. The molecule has 0 spiro atoms. The SMILES string of the molecule is CCOP(=O)(O)C(C)c1ccc(S(=O)(=O)O)cc1. The van der Waals surface area contributed by atoms with Gasteiger partial charge in [0.15, 0.2) is 0 Å². The van der Waals surface area contributed by atoms with Gasteiger partial charge in [-0.3, -0.25) is 9.12 Å². The lowest BCUT2D eigenvalue weighted by atomic mass is 10.2. The Morgan fingerprint density at radius 1 is 1.33 bits per heavy atom. The van der Waals surface area contributed by atoms with Gasteiger partial charge in [-0.05, 0) is 31.5 Å². The second-order valence-corrected chi connectivity index (χ2v) is 7.28. The molecule has 8 heteroatoms.